The molecule has 1 aliphatic rings. The summed E-state index contributed by atoms with van der Waals surface area (Å²) in [6, 6.07) is 5.27. The van der Waals surface area contributed by atoms with Gasteiger partial charge < -0.3 is 10.1 Å². The van der Waals surface area contributed by atoms with Gasteiger partial charge in [-0.1, -0.05) is 0 Å². The number of alkyl halides is 3. The Kier molecular flexibility index (Phi) is 5.36. The number of nitrogens with one attached hydrogen (secondary N) is 1. The highest BCUT2D eigenvalue weighted by Gasteiger charge is 2.34. The highest BCUT2D eigenvalue weighted by molar-refractivity contribution is 7.99. The van der Waals surface area contributed by atoms with Crippen LogP contribution >= 0.6 is 11.8 Å². The molecule has 138 valence electrons. The minimum Gasteiger partial charge on any atom is -0.473 e. The van der Waals surface area contributed by atoms with Gasteiger partial charge in [0, 0.05) is 17.6 Å². The van der Waals surface area contributed by atoms with Crippen LogP contribution in [0.5, 0.6) is 5.88 Å². The van der Waals surface area contributed by atoms with Crippen molar-refractivity contribution in [3.05, 3.63) is 53.5 Å². The number of carbonyl (C=O) groups excluding carboxylic acids is 1. The van der Waals surface area contributed by atoms with Gasteiger partial charge in [0.1, 0.15) is 17.5 Å². The first kappa shape index (κ1) is 18.5. The second-order valence-electron chi connectivity index (χ2n) is 5.61. The fourth-order valence-electron chi connectivity index (χ4n) is 2.44. The average Bonchev–Trinajstić information content (AvgIpc) is 3.09. The molecule has 1 saturated heterocycles. The summed E-state index contributed by atoms with van der Waals surface area (Å²) in [5.41, 5.74) is -1.52. The van der Waals surface area contributed by atoms with Crippen molar-refractivity contribution in [3.63, 3.8) is 0 Å². The van der Waals surface area contributed by atoms with Gasteiger partial charge >= 0.3 is 6.18 Å². The Morgan fingerprint density at radius 1 is 1.31 bits per heavy atom. The highest BCUT2D eigenvalue weighted by Crippen LogP contribution is 2.33. The SMILES string of the molecule is O=C(Nc1ccc(F)c(C(F)(F)F)c1)c1cccnc1O[C@H]1CCSC1. The first-order valence-corrected chi connectivity index (χ1v) is 8.87. The van der Waals surface area contributed by atoms with Gasteiger partial charge in [-0.3, -0.25) is 4.79 Å². The average molecular weight is 386 g/mol. The van der Waals surface area contributed by atoms with Gasteiger partial charge in [0.05, 0.1) is 5.56 Å². The lowest BCUT2D eigenvalue weighted by Gasteiger charge is -2.15. The first-order chi connectivity index (χ1) is 12.3. The Hall–Kier alpha value is -2.29. The molecule has 1 aromatic carbocycles. The van der Waals surface area contributed by atoms with Crippen LogP contribution in [0.25, 0.3) is 0 Å². The predicted octanol–water partition coefficient (Wildman–Crippen LogP) is 4.38. The van der Waals surface area contributed by atoms with Gasteiger partial charge in [-0.25, -0.2) is 9.37 Å². The van der Waals surface area contributed by atoms with E-state index in [0.29, 0.717) is 12.1 Å². The summed E-state index contributed by atoms with van der Waals surface area (Å²) < 4.78 is 57.5. The number of rotatable bonds is 4. The van der Waals surface area contributed by atoms with E-state index in [4.69, 9.17) is 4.74 Å². The van der Waals surface area contributed by atoms with Crippen LogP contribution in [0, 0.1) is 5.82 Å². The lowest BCUT2D eigenvalue weighted by Crippen LogP contribution is -2.20. The fraction of sp³-hybridized carbons (Fsp3) is 0.294. The number of amides is 1. The number of hydrogen-bond donors (Lipinski definition) is 1. The van der Waals surface area contributed by atoms with Crippen LogP contribution in [-0.4, -0.2) is 28.5 Å². The molecule has 1 atom stereocenters. The maximum atomic E-state index is 13.4. The van der Waals surface area contributed by atoms with E-state index >= 15 is 0 Å². The molecule has 0 spiro atoms. The lowest BCUT2D eigenvalue weighted by atomic mass is 10.1. The quantitative estimate of drug-likeness (QED) is 0.793. The molecule has 26 heavy (non-hydrogen) atoms. The topological polar surface area (TPSA) is 51.2 Å². The van der Waals surface area contributed by atoms with Crippen LogP contribution in [-0.2, 0) is 6.18 Å². The molecule has 2 aromatic rings. The molecule has 0 unspecified atom stereocenters. The number of pyridine rings is 1. The van der Waals surface area contributed by atoms with Crippen LogP contribution in [0.2, 0.25) is 0 Å². The summed E-state index contributed by atoms with van der Waals surface area (Å²) in [7, 11) is 0. The smallest absolute Gasteiger partial charge is 0.419 e. The van der Waals surface area contributed by atoms with E-state index in [0.717, 1.165) is 24.0 Å². The van der Waals surface area contributed by atoms with Crippen LogP contribution in [0.1, 0.15) is 22.3 Å². The zero-order valence-electron chi connectivity index (χ0n) is 13.3. The van der Waals surface area contributed by atoms with Crippen LogP contribution in [0.3, 0.4) is 0 Å². The number of aromatic nitrogens is 1. The molecule has 4 nitrogen and oxygen atoms in total. The van der Waals surface area contributed by atoms with Gasteiger partial charge in [-0.15, -0.1) is 0 Å². The van der Waals surface area contributed by atoms with Gasteiger partial charge in [0.2, 0.25) is 5.88 Å². The molecular weight excluding hydrogens is 372 g/mol. The van der Waals surface area contributed by atoms with Crippen molar-refractivity contribution in [1.29, 1.82) is 0 Å². The largest absolute Gasteiger partial charge is 0.473 e. The molecule has 1 fully saturated rings. The summed E-state index contributed by atoms with van der Waals surface area (Å²) in [4.78, 5) is 16.5. The number of carbonyl (C=O) groups is 1. The minimum absolute atomic E-state index is 0.0656. The van der Waals surface area contributed by atoms with E-state index in [-0.39, 0.29) is 23.2 Å². The van der Waals surface area contributed by atoms with E-state index in [2.05, 4.69) is 10.3 Å². The predicted molar refractivity (Wildman–Crippen MR) is 90.0 cm³/mol. The van der Waals surface area contributed by atoms with Crippen LogP contribution < -0.4 is 10.1 Å². The van der Waals surface area contributed by atoms with Gasteiger partial charge in [-0.2, -0.15) is 24.9 Å². The third-order valence-corrected chi connectivity index (χ3v) is 4.84. The number of halogens is 4. The Morgan fingerprint density at radius 3 is 2.81 bits per heavy atom. The molecule has 9 heteroatoms. The van der Waals surface area contributed by atoms with Crippen molar-refractivity contribution in [2.75, 3.05) is 16.8 Å². The first-order valence-electron chi connectivity index (χ1n) is 7.72. The van der Waals surface area contributed by atoms with Crippen molar-refractivity contribution < 1.29 is 27.1 Å². The zero-order valence-corrected chi connectivity index (χ0v) is 14.2. The standard InChI is InChI=1S/C17H14F4N2O2S/c18-14-4-3-10(8-13(14)17(19,20)21)23-15(24)12-2-1-6-22-16(12)25-11-5-7-26-9-11/h1-4,6,8,11H,5,7,9H2,(H,23,24)/t11-/m0/s1. The molecular formula is C17H14F4N2O2S. The maximum Gasteiger partial charge on any atom is 0.419 e. The van der Waals surface area contributed by atoms with Crippen molar-refractivity contribution >= 4 is 23.4 Å². The zero-order chi connectivity index (χ0) is 18.7. The number of nitrogens with zero attached hydrogens (tertiary/aromatic N) is 1. The summed E-state index contributed by atoms with van der Waals surface area (Å²) in [6.07, 6.45) is -2.62. The summed E-state index contributed by atoms with van der Waals surface area (Å²) in [6.45, 7) is 0. The molecule has 3 rings (SSSR count). The summed E-state index contributed by atoms with van der Waals surface area (Å²) in [5.74, 6) is -0.229. The molecule has 1 N–H and O–H groups in total. The Labute approximate surface area is 151 Å². The van der Waals surface area contributed by atoms with E-state index in [1.807, 2.05) is 0 Å². The number of anilines is 1. The van der Waals surface area contributed by atoms with E-state index in [1.54, 1.807) is 11.8 Å². The molecule has 0 radical (unpaired) electrons. The van der Waals surface area contributed by atoms with Crippen LogP contribution in [0.15, 0.2) is 36.5 Å². The molecule has 0 aliphatic carbocycles. The molecule has 0 bridgehead atoms. The molecule has 1 aliphatic heterocycles. The second-order valence-corrected chi connectivity index (χ2v) is 6.76. The summed E-state index contributed by atoms with van der Waals surface area (Å²) >= 11 is 1.73. The van der Waals surface area contributed by atoms with Gasteiger partial charge in [0.25, 0.3) is 5.91 Å². The van der Waals surface area contributed by atoms with Crippen molar-refractivity contribution in [2.24, 2.45) is 0 Å². The maximum absolute atomic E-state index is 13.4. The Morgan fingerprint density at radius 2 is 2.12 bits per heavy atom. The van der Waals surface area contributed by atoms with Crippen molar-refractivity contribution in [2.45, 2.75) is 18.7 Å². The fourth-order valence-corrected chi connectivity index (χ4v) is 3.53. The number of benzene rings is 1. The van der Waals surface area contributed by atoms with Crippen molar-refractivity contribution in [1.82, 2.24) is 4.98 Å². The van der Waals surface area contributed by atoms with E-state index in [9.17, 15) is 22.4 Å². The number of ether oxygens (including phenoxy) is 1. The second kappa shape index (κ2) is 7.53. The van der Waals surface area contributed by atoms with Crippen molar-refractivity contribution in [3.8, 4) is 5.88 Å². The monoisotopic (exact) mass is 386 g/mol. The summed E-state index contributed by atoms with van der Waals surface area (Å²) in [5, 5.41) is 2.33. The molecule has 1 amide bonds. The highest BCUT2D eigenvalue weighted by atomic mass is 32.2. The third-order valence-electron chi connectivity index (χ3n) is 3.71. The molecule has 2 heterocycles. The normalized spacial score (nSPS) is 17.2. The van der Waals surface area contributed by atoms with E-state index < -0.39 is 23.5 Å². The Balaban J connectivity index is 1.80. The Bertz CT molecular complexity index is 808. The van der Waals surface area contributed by atoms with Crippen LogP contribution in [0.4, 0.5) is 23.2 Å². The molecule has 1 aromatic heterocycles. The number of thioether (sulfide) groups is 1. The minimum atomic E-state index is -4.85. The number of hydrogen-bond acceptors (Lipinski definition) is 4. The lowest BCUT2D eigenvalue weighted by molar-refractivity contribution is -0.139. The van der Waals surface area contributed by atoms with E-state index in [1.165, 1.54) is 18.3 Å². The molecule has 0 saturated carbocycles. The van der Waals surface area contributed by atoms with Gasteiger partial charge in [-0.05, 0) is 42.5 Å². The van der Waals surface area contributed by atoms with Gasteiger partial charge in [0.15, 0.2) is 0 Å². The third kappa shape index (κ3) is 4.27.